The fourth-order valence-electron chi connectivity index (χ4n) is 2.28. The van der Waals surface area contributed by atoms with E-state index in [1.807, 2.05) is 0 Å². The minimum Gasteiger partial charge on any atom is -0.463 e. The number of aryl methyl sites for hydroxylation is 1. The summed E-state index contributed by atoms with van der Waals surface area (Å²) in [6.45, 7) is 0.274. The fraction of sp³-hybridized carbons (Fsp3) is 0.333. The summed E-state index contributed by atoms with van der Waals surface area (Å²) < 4.78 is 9.75. The van der Waals surface area contributed by atoms with Gasteiger partial charge in [0.1, 0.15) is 5.82 Å². The third-order valence-electron chi connectivity index (χ3n) is 3.39. The molecule has 0 bridgehead atoms. The lowest BCUT2D eigenvalue weighted by molar-refractivity contribution is -0.160. The molecule has 1 aliphatic rings. The van der Waals surface area contributed by atoms with E-state index < -0.39 is 18.0 Å². The average molecular weight is 302 g/mol. The monoisotopic (exact) mass is 302 g/mol. The van der Waals surface area contributed by atoms with Gasteiger partial charge in [0, 0.05) is 12.8 Å². The molecule has 0 spiro atoms. The number of para-hydroxylation sites is 1. The Morgan fingerprint density at radius 1 is 1.36 bits per heavy atom. The first-order valence-electron chi connectivity index (χ1n) is 6.97. The van der Waals surface area contributed by atoms with Crippen LogP contribution in [0.15, 0.2) is 29.1 Å². The number of hydrogen-bond acceptors (Lipinski definition) is 6. The molecule has 0 radical (unpaired) electrons. The number of esters is 2. The SMILES string of the molecule is O=C(CCc1nc2ccccc2c(=O)[nH]1)O[C@H]1CCOC1=O. The molecule has 2 aromatic rings. The van der Waals surface area contributed by atoms with Crippen molar-refractivity contribution in [1.29, 1.82) is 0 Å². The van der Waals surface area contributed by atoms with Crippen molar-refractivity contribution in [2.75, 3.05) is 6.61 Å². The summed E-state index contributed by atoms with van der Waals surface area (Å²) in [5.41, 5.74) is 0.335. The molecule has 1 fully saturated rings. The molecule has 0 saturated carbocycles. The molecule has 0 amide bonds. The minimum absolute atomic E-state index is 0.0328. The Hall–Kier alpha value is -2.70. The molecule has 1 aromatic carbocycles. The van der Waals surface area contributed by atoms with Gasteiger partial charge in [0.15, 0.2) is 0 Å². The van der Waals surface area contributed by atoms with Crippen LogP contribution in [0.1, 0.15) is 18.7 Å². The zero-order valence-corrected chi connectivity index (χ0v) is 11.7. The van der Waals surface area contributed by atoms with Crippen LogP contribution in [0.5, 0.6) is 0 Å². The van der Waals surface area contributed by atoms with Gasteiger partial charge in [-0.15, -0.1) is 0 Å². The number of nitrogens with zero attached hydrogens (tertiary/aromatic N) is 1. The van der Waals surface area contributed by atoms with Crippen LogP contribution in [0.25, 0.3) is 10.9 Å². The van der Waals surface area contributed by atoms with Gasteiger partial charge in [-0.3, -0.25) is 9.59 Å². The van der Waals surface area contributed by atoms with E-state index in [0.29, 0.717) is 23.1 Å². The van der Waals surface area contributed by atoms with Crippen LogP contribution in [0.3, 0.4) is 0 Å². The van der Waals surface area contributed by atoms with Crippen molar-refractivity contribution in [3.8, 4) is 0 Å². The van der Waals surface area contributed by atoms with E-state index in [4.69, 9.17) is 9.47 Å². The average Bonchev–Trinajstić information content (AvgIpc) is 2.90. The number of benzene rings is 1. The second-order valence-corrected chi connectivity index (χ2v) is 4.96. The molecule has 3 rings (SSSR count). The van der Waals surface area contributed by atoms with Crippen molar-refractivity contribution in [3.05, 3.63) is 40.4 Å². The van der Waals surface area contributed by atoms with Crippen LogP contribution in [-0.4, -0.2) is 34.6 Å². The van der Waals surface area contributed by atoms with Gasteiger partial charge in [0.2, 0.25) is 6.10 Å². The Balaban J connectivity index is 1.65. The third kappa shape index (κ3) is 2.98. The van der Waals surface area contributed by atoms with E-state index in [0.717, 1.165) is 0 Å². The molecule has 1 aliphatic heterocycles. The molecule has 2 heterocycles. The number of cyclic esters (lactones) is 1. The van der Waals surface area contributed by atoms with Crippen molar-refractivity contribution in [3.63, 3.8) is 0 Å². The number of nitrogens with one attached hydrogen (secondary N) is 1. The molecule has 7 heteroatoms. The smallest absolute Gasteiger partial charge is 0.347 e. The summed E-state index contributed by atoms with van der Waals surface area (Å²) in [7, 11) is 0. The number of carbonyl (C=O) groups excluding carboxylic acids is 2. The zero-order chi connectivity index (χ0) is 15.5. The van der Waals surface area contributed by atoms with Crippen LogP contribution < -0.4 is 5.56 Å². The highest BCUT2D eigenvalue weighted by Crippen LogP contribution is 2.12. The summed E-state index contributed by atoms with van der Waals surface area (Å²) in [6.07, 6.45) is -0.155. The van der Waals surface area contributed by atoms with Gasteiger partial charge in [-0.25, -0.2) is 9.78 Å². The minimum atomic E-state index is -0.809. The molecule has 1 saturated heterocycles. The van der Waals surface area contributed by atoms with E-state index in [1.165, 1.54) is 0 Å². The molecular weight excluding hydrogens is 288 g/mol. The van der Waals surface area contributed by atoms with E-state index in [1.54, 1.807) is 24.3 Å². The van der Waals surface area contributed by atoms with Gasteiger partial charge in [0.25, 0.3) is 5.56 Å². The summed E-state index contributed by atoms with van der Waals surface area (Å²) in [6, 6.07) is 6.97. The van der Waals surface area contributed by atoms with E-state index in [2.05, 4.69) is 9.97 Å². The fourth-order valence-corrected chi connectivity index (χ4v) is 2.28. The van der Waals surface area contributed by atoms with Crippen molar-refractivity contribution in [1.82, 2.24) is 9.97 Å². The number of hydrogen-bond donors (Lipinski definition) is 1. The van der Waals surface area contributed by atoms with E-state index in [-0.39, 0.29) is 25.0 Å². The van der Waals surface area contributed by atoms with Crippen molar-refractivity contribution < 1.29 is 19.1 Å². The lowest BCUT2D eigenvalue weighted by Crippen LogP contribution is -2.23. The van der Waals surface area contributed by atoms with Gasteiger partial charge in [-0.2, -0.15) is 0 Å². The van der Waals surface area contributed by atoms with Gasteiger partial charge in [-0.05, 0) is 12.1 Å². The molecule has 114 valence electrons. The lowest BCUT2D eigenvalue weighted by atomic mass is 10.2. The first-order chi connectivity index (χ1) is 10.6. The molecule has 22 heavy (non-hydrogen) atoms. The standard InChI is InChI=1S/C15H14N2O5/c18-13(22-11-7-8-21-15(11)20)6-5-12-16-10-4-2-1-3-9(10)14(19)17-12/h1-4,11H,5-8H2,(H,16,17,19)/t11-/m0/s1. The number of carbonyl (C=O) groups is 2. The van der Waals surface area contributed by atoms with E-state index >= 15 is 0 Å². The van der Waals surface area contributed by atoms with Gasteiger partial charge in [0.05, 0.1) is 23.9 Å². The number of aromatic nitrogens is 2. The van der Waals surface area contributed by atoms with E-state index in [9.17, 15) is 14.4 Å². The Labute approximate surface area is 125 Å². The second kappa shape index (κ2) is 5.97. The van der Waals surface area contributed by atoms with Gasteiger partial charge < -0.3 is 14.5 Å². The predicted molar refractivity (Wildman–Crippen MR) is 76.1 cm³/mol. The summed E-state index contributed by atoms with van der Waals surface area (Å²) in [5, 5.41) is 0.502. The maximum Gasteiger partial charge on any atom is 0.347 e. The van der Waals surface area contributed by atoms with Crippen LogP contribution in [-0.2, 0) is 25.5 Å². The number of ether oxygens (including phenoxy) is 2. The van der Waals surface area contributed by atoms with Crippen molar-refractivity contribution >= 4 is 22.8 Å². The van der Waals surface area contributed by atoms with Crippen LogP contribution in [0.2, 0.25) is 0 Å². The Morgan fingerprint density at radius 2 is 2.18 bits per heavy atom. The number of aromatic amines is 1. The quantitative estimate of drug-likeness (QED) is 0.835. The summed E-state index contributed by atoms with van der Waals surface area (Å²) in [5.74, 6) is -0.611. The second-order valence-electron chi connectivity index (χ2n) is 4.96. The predicted octanol–water partition coefficient (Wildman–Crippen LogP) is 0.714. The lowest BCUT2D eigenvalue weighted by Gasteiger charge is -2.08. The maximum absolute atomic E-state index is 11.9. The first-order valence-corrected chi connectivity index (χ1v) is 6.97. The molecule has 0 aliphatic carbocycles. The maximum atomic E-state index is 11.9. The molecule has 7 nitrogen and oxygen atoms in total. The van der Waals surface area contributed by atoms with Crippen LogP contribution >= 0.6 is 0 Å². The van der Waals surface area contributed by atoms with Gasteiger partial charge >= 0.3 is 11.9 Å². The molecular formula is C15H14N2O5. The Bertz CT molecular complexity index is 783. The first kappa shape index (κ1) is 14.2. The normalized spacial score (nSPS) is 17.5. The van der Waals surface area contributed by atoms with Crippen molar-refractivity contribution in [2.24, 2.45) is 0 Å². The zero-order valence-electron chi connectivity index (χ0n) is 11.7. The Morgan fingerprint density at radius 3 is 2.95 bits per heavy atom. The van der Waals surface area contributed by atoms with Gasteiger partial charge in [-0.1, -0.05) is 12.1 Å². The number of rotatable bonds is 4. The summed E-state index contributed by atoms with van der Waals surface area (Å²) >= 11 is 0. The van der Waals surface area contributed by atoms with Crippen LogP contribution in [0, 0.1) is 0 Å². The highest BCUT2D eigenvalue weighted by Gasteiger charge is 2.29. The summed E-state index contributed by atoms with van der Waals surface area (Å²) in [4.78, 5) is 41.8. The Kier molecular flexibility index (Phi) is 3.86. The highest BCUT2D eigenvalue weighted by atomic mass is 16.6. The molecule has 1 atom stereocenters. The molecule has 1 aromatic heterocycles. The number of H-pyrrole nitrogens is 1. The topological polar surface area (TPSA) is 98.3 Å². The van der Waals surface area contributed by atoms with Crippen LogP contribution in [0.4, 0.5) is 0 Å². The molecule has 0 unspecified atom stereocenters. The highest BCUT2D eigenvalue weighted by molar-refractivity contribution is 5.80. The third-order valence-corrected chi connectivity index (χ3v) is 3.39. The number of fused-ring (bicyclic) bond motifs is 1. The largest absolute Gasteiger partial charge is 0.463 e. The molecule has 1 N–H and O–H groups in total. The van der Waals surface area contributed by atoms with Crippen molar-refractivity contribution in [2.45, 2.75) is 25.4 Å².